The van der Waals surface area contributed by atoms with Crippen LogP contribution in [-0.4, -0.2) is 9.78 Å². The summed E-state index contributed by atoms with van der Waals surface area (Å²) < 4.78 is 1.81. The third-order valence-electron chi connectivity index (χ3n) is 3.40. The Labute approximate surface area is 115 Å². The molecule has 1 aromatic heterocycles. The van der Waals surface area contributed by atoms with Crippen LogP contribution in [0.5, 0.6) is 0 Å². The van der Waals surface area contributed by atoms with Gasteiger partial charge in [-0.05, 0) is 22.6 Å². The molecule has 1 unspecified atom stereocenters. The molecular formula is C16H23N3. The fourth-order valence-electron chi connectivity index (χ4n) is 2.15. The SMILES string of the molecule is Cn1ccc(CC(N)c2ccc(C(C)(C)C)cc2)n1. The molecule has 2 N–H and O–H groups in total. The standard InChI is InChI=1S/C16H23N3/c1-16(2,3)13-7-5-12(6-8-13)15(17)11-14-9-10-19(4)18-14/h5-10,15H,11,17H2,1-4H3. The fraction of sp³-hybridized carbons (Fsp3) is 0.438. The smallest absolute Gasteiger partial charge is 0.0643 e. The van der Waals surface area contributed by atoms with Gasteiger partial charge in [-0.15, -0.1) is 0 Å². The third kappa shape index (κ3) is 3.44. The maximum absolute atomic E-state index is 6.25. The molecule has 1 aromatic carbocycles. The zero-order chi connectivity index (χ0) is 14.0. The highest BCUT2D eigenvalue weighted by atomic mass is 15.2. The summed E-state index contributed by atoms with van der Waals surface area (Å²) in [4.78, 5) is 0. The highest BCUT2D eigenvalue weighted by molar-refractivity contribution is 5.29. The Balaban J connectivity index is 2.09. The number of benzene rings is 1. The van der Waals surface area contributed by atoms with Crippen molar-refractivity contribution in [2.75, 3.05) is 0 Å². The summed E-state index contributed by atoms with van der Waals surface area (Å²) in [5, 5.41) is 4.37. The number of rotatable bonds is 3. The number of hydrogen-bond acceptors (Lipinski definition) is 2. The van der Waals surface area contributed by atoms with Gasteiger partial charge in [-0.3, -0.25) is 4.68 Å². The minimum absolute atomic E-state index is 0.00363. The van der Waals surface area contributed by atoms with E-state index in [1.165, 1.54) is 11.1 Å². The summed E-state index contributed by atoms with van der Waals surface area (Å²) in [6.07, 6.45) is 2.72. The van der Waals surface area contributed by atoms with E-state index in [0.29, 0.717) is 0 Å². The molecule has 0 spiro atoms. The van der Waals surface area contributed by atoms with Crippen molar-refractivity contribution in [3.8, 4) is 0 Å². The lowest BCUT2D eigenvalue weighted by atomic mass is 9.86. The average molecular weight is 257 g/mol. The summed E-state index contributed by atoms with van der Waals surface area (Å²) in [7, 11) is 1.92. The molecule has 3 heteroatoms. The number of nitrogens with two attached hydrogens (primary N) is 1. The molecule has 102 valence electrons. The Kier molecular flexibility index (Phi) is 3.76. The lowest BCUT2D eigenvalue weighted by Crippen LogP contribution is -2.15. The monoisotopic (exact) mass is 257 g/mol. The minimum atomic E-state index is 0.00363. The summed E-state index contributed by atoms with van der Waals surface area (Å²) >= 11 is 0. The average Bonchev–Trinajstić information content (AvgIpc) is 2.74. The first kappa shape index (κ1) is 13.8. The maximum Gasteiger partial charge on any atom is 0.0643 e. The van der Waals surface area contributed by atoms with E-state index < -0.39 is 0 Å². The largest absolute Gasteiger partial charge is 0.324 e. The molecule has 0 aliphatic heterocycles. The Bertz CT molecular complexity index is 532. The first-order valence-electron chi connectivity index (χ1n) is 6.71. The van der Waals surface area contributed by atoms with Gasteiger partial charge in [0, 0.05) is 25.7 Å². The van der Waals surface area contributed by atoms with Crippen molar-refractivity contribution >= 4 is 0 Å². The highest BCUT2D eigenvalue weighted by Crippen LogP contribution is 2.24. The molecule has 0 saturated carbocycles. The zero-order valence-electron chi connectivity index (χ0n) is 12.2. The molecule has 1 heterocycles. The fourth-order valence-corrected chi connectivity index (χ4v) is 2.15. The molecule has 0 saturated heterocycles. The van der Waals surface area contributed by atoms with E-state index in [-0.39, 0.29) is 11.5 Å². The van der Waals surface area contributed by atoms with Gasteiger partial charge in [-0.1, -0.05) is 45.0 Å². The van der Waals surface area contributed by atoms with Gasteiger partial charge < -0.3 is 5.73 Å². The summed E-state index contributed by atoms with van der Waals surface area (Å²) in [6, 6.07) is 10.6. The number of aryl methyl sites for hydroxylation is 1. The van der Waals surface area contributed by atoms with E-state index >= 15 is 0 Å². The summed E-state index contributed by atoms with van der Waals surface area (Å²) in [5.41, 5.74) is 9.97. The minimum Gasteiger partial charge on any atom is -0.324 e. The van der Waals surface area contributed by atoms with Crippen molar-refractivity contribution in [2.45, 2.75) is 38.6 Å². The number of aromatic nitrogens is 2. The Hall–Kier alpha value is -1.61. The van der Waals surface area contributed by atoms with Crippen LogP contribution in [0.2, 0.25) is 0 Å². The molecule has 0 bridgehead atoms. The Morgan fingerprint density at radius 1 is 1.16 bits per heavy atom. The van der Waals surface area contributed by atoms with E-state index in [2.05, 4.69) is 50.1 Å². The maximum atomic E-state index is 6.25. The lowest BCUT2D eigenvalue weighted by molar-refractivity contribution is 0.589. The lowest BCUT2D eigenvalue weighted by Gasteiger charge is -2.20. The molecule has 0 aliphatic rings. The van der Waals surface area contributed by atoms with Crippen LogP contribution >= 0.6 is 0 Å². The van der Waals surface area contributed by atoms with Gasteiger partial charge >= 0.3 is 0 Å². The highest BCUT2D eigenvalue weighted by Gasteiger charge is 2.14. The second-order valence-corrected chi connectivity index (χ2v) is 6.16. The summed E-state index contributed by atoms with van der Waals surface area (Å²) in [6.45, 7) is 6.65. The molecule has 3 nitrogen and oxygen atoms in total. The Morgan fingerprint density at radius 2 is 1.79 bits per heavy atom. The van der Waals surface area contributed by atoms with Gasteiger partial charge in [-0.2, -0.15) is 5.10 Å². The number of nitrogens with zero attached hydrogens (tertiary/aromatic N) is 2. The van der Waals surface area contributed by atoms with Gasteiger partial charge in [-0.25, -0.2) is 0 Å². The van der Waals surface area contributed by atoms with Crippen LogP contribution < -0.4 is 5.73 Å². The van der Waals surface area contributed by atoms with Gasteiger partial charge in [0.25, 0.3) is 0 Å². The summed E-state index contributed by atoms with van der Waals surface area (Å²) in [5.74, 6) is 0. The first-order chi connectivity index (χ1) is 8.86. The van der Waals surface area contributed by atoms with Crippen molar-refractivity contribution in [1.82, 2.24) is 9.78 Å². The normalized spacial score (nSPS) is 13.5. The van der Waals surface area contributed by atoms with Gasteiger partial charge in [0.1, 0.15) is 0 Å². The van der Waals surface area contributed by atoms with Crippen molar-refractivity contribution in [1.29, 1.82) is 0 Å². The topological polar surface area (TPSA) is 43.8 Å². The molecule has 1 atom stereocenters. The van der Waals surface area contributed by atoms with Gasteiger partial charge in [0.05, 0.1) is 5.69 Å². The van der Waals surface area contributed by atoms with Crippen LogP contribution in [0.25, 0.3) is 0 Å². The predicted octanol–water partition coefficient (Wildman–Crippen LogP) is 2.96. The zero-order valence-corrected chi connectivity index (χ0v) is 12.2. The van der Waals surface area contributed by atoms with E-state index in [9.17, 15) is 0 Å². The molecule has 0 radical (unpaired) electrons. The van der Waals surface area contributed by atoms with Crippen LogP contribution in [-0.2, 0) is 18.9 Å². The van der Waals surface area contributed by atoms with Gasteiger partial charge in [0.15, 0.2) is 0 Å². The van der Waals surface area contributed by atoms with Crippen LogP contribution in [0, 0.1) is 0 Å². The van der Waals surface area contributed by atoms with E-state index in [1.54, 1.807) is 0 Å². The van der Waals surface area contributed by atoms with Crippen molar-refractivity contribution in [3.05, 3.63) is 53.3 Å². The van der Waals surface area contributed by atoms with E-state index in [1.807, 2.05) is 24.0 Å². The van der Waals surface area contributed by atoms with Crippen molar-refractivity contribution in [2.24, 2.45) is 12.8 Å². The molecule has 0 amide bonds. The van der Waals surface area contributed by atoms with Gasteiger partial charge in [0.2, 0.25) is 0 Å². The molecule has 2 aromatic rings. The molecular weight excluding hydrogens is 234 g/mol. The first-order valence-corrected chi connectivity index (χ1v) is 6.71. The van der Waals surface area contributed by atoms with E-state index in [0.717, 1.165) is 12.1 Å². The number of hydrogen-bond donors (Lipinski definition) is 1. The quantitative estimate of drug-likeness (QED) is 0.918. The molecule has 0 aliphatic carbocycles. The van der Waals surface area contributed by atoms with Crippen molar-refractivity contribution < 1.29 is 0 Å². The predicted molar refractivity (Wildman–Crippen MR) is 79.0 cm³/mol. The van der Waals surface area contributed by atoms with E-state index in [4.69, 9.17) is 5.73 Å². The van der Waals surface area contributed by atoms with Crippen LogP contribution in [0.4, 0.5) is 0 Å². The molecule has 2 rings (SSSR count). The second kappa shape index (κ2) is 5.17. The molecule has 0 fully saturated rings. The Morgan fingerprint density at radius 3 is 2.26 bits per heavy atom. The second-order valence-electron chi connectivity index (χ2n) is 6.16. The molecule has 19 heavy (non-hydrogen) atoms. The van der Waals surface area contributed by atoms with Crippen LogP contribution in [0.15, 0.2) is 36.5 Å². The third-order valence-corrected chi connectivity index (χ3v) is 3.40. The van der Waals surface area contributed by atoms with Crippen LogP contribution in [0.3, 0.4) is 0 Å². The van der Waals surface area contributed by atoms with Crippen molar-refractivity contribution in [3.63, 3.8) is 0 Å². The van der Waals surface area contributed by atoms with Crippen LogP contribution in [0.1, 0.15) is 43.6 Å².